The van der Waals surface area contributed by atoms with Crippen molar-refractivity contribution in [2.24, 2.45) is 5.92 Å². The van der Waals surface area contributed by atoms with E-state index in [2.05, 4.69) is 22.4 Å². The summed E-state index contributed by atoms with van der Waals surface area (Å²) >= 11 is 6.05. The van der Waals surface area contributed by atoms with Gasteiger partial charge in [-0.25, -0.2) is 4.68 Å². The van der Waals surface area contributed by atoms with Crippen LogP contribution < -0.4 is 5.73 Å². The molecule has 7 heteroatoms. The molecule has 106 valence electrons. The molecule has 2 heterocycles. The van der Waals surface area contributed by atoms with E-state index >= 15 is 0 Å². The number of aromatic nitrogens is 4. The van der Waals surface area contributed by atoms with Gasteiger partial charge in [0.1, 0.15) is 0 Å². The van der Waals surface area contributed by atoms with E-state index in [1.54, 1.807) is 6.07 Å². The topological polar surface area (TPSA) is 78.8 Å². The fourth-order valence-corrected chi connectivity index (χ4v) is 2.78. The second-order valence-electron chi connectivity index (χ2n) is 5.08. The highest BCUT2D eigenvalue weighted by atomic mass is 35.5. The Labute approximate surface area is 121 Å². The number of nitrogens with two attached hydrogens (primary N) is 1. The van der Waals surface area contributed by atoms with Crippen LogP contribution in [-0.4, -0.2) is 33.4 Å². The Morgan fingerprint density at radius 1 is 1.45 bits per heavy atom. The lowest BCUT2D eigenvalue weighted by Gasteiger charge is -2.18. The van der Waals surface area contributed by atoms with E-state index < -0.39 is 0 Å². The van der Waals surface area contributed by atoms with Crippen LogP contribution in [0, 0.1) is 5.92 Å². The number of hydrogen-bond donors (Lipinski definition) is 1. The molecule has 1 aliphatic rings. The first-order valence-electron chi connectivity index (χ1n) is 6.57. The fraction of sp³-hybridized carbons (Fsp3) is 0.462. The number of rotatable bonds is 3. The second-order valence-corrected chi connectivity index (χ2v) is 5.52. The average molecular weight is 294 g/mol. The Morgan fingerprint density at radius 2 is 2.30 bits per heavy atom. The number of nitrogens with zero attached hydrogens (tertiary/aromatic N) is 4. The molecule has 1 aromatic heterocycles. The molecule has 1 saturated heterocycles. The molecule has 6 nitrogen and oxygen atoms in total. The molecule has 1 aliphatic heterocycles. The Kier molecular flexibility index (Phi) is 3.58. The molecule has 2 atom stereocenters. The van der Waals surface area contributed by atoms with E-state index in [9.17, 15) is 0 Å². The monoisotopic (exact) mass is 293 g/mol. The first-order valence-corrected chi connectivity index (χ1v) is 6.95. The Hall–Kier alpha value is -1.66. The van der Waals surface area contributed by atoms with Gasteiger partial charge in [0.15, 0.2) is 5.82 Å². The molecule has 2 N–H and O–H groups in total. The molecular weight excluding hydrogens is 278 g/mol. The highest BCUT2D eigenvalue weighted by Crippen LogP contribution is 2.30. The number of halogens is 1. The van der Waals surface area contributed by atoms with Gasteiger partial charge in [0, 0.05) is 28.8 Å². The van der Waals surface area contributed by atoms with E-state index in [1.807, 2.05) is 16.8 Å². The van der Waals surface area contributed by atoms with Gasteiger partial charge in [-0.3, -0.25) is 0 Å². The Morgan fingerprint density at radius 3 is 3.00 bits per heavy atom. The largest absolute Gasteiger partial charge is 0.399 e. The second kappa shape index (κ2) is 5.38. The molecule has 3 rings (SSSR count). The van der Waals surface area contributed by atoms with Crippen LogP contribution >= 0.6 is 11.6 Å². The molecule has 0 bridgehead atoms. The number of hydrogen-bond acceptors (Lipinski definition) is 5. The molecule has 0 amide bonds. The Balaban J connectivity index is 1.96. The normalized spacial score (nSPS) is 20.2. The highest BCUT2D eigenvalue weighted by Gasteiger charge is 2.26. The first kappa shape index (κ1) is 13.3. The molecule has 0 saturated carbocycles. The van der Waals surface area contributed by atoms with Gasteiger partial charge in [-0.1, -0.05) is 11.6 Å². The van der Waals surface area contributed by atoms with Crippen LogP contribution in [0.1, 0.15) is 19.4 Å². The zero-order valence-corrected chi connectivity index (χ0v) is 11.9. The van der Waals surface area contributed by atoms with Crippen LogP contribution in [0.15, 0.2) is 18.2 Å². The third kappa shape index (κ3) is 2.48. The van der Waals surface area contributed by atoms with Crippen LogP contribution in [0.5, 0.6) is 0 Å². The van der Waals surface area contributed by atoms with Crippen LogP contribution in [0.2, 0.25) is 5.02 Å². The lowest BCUT2D eigenvalue weighted by molar-refractivity contribution is 0.173. The number of nitrogen functional groups attached to an aromatic ring is 1. The molecule has 0 aliphatic carbocycles. The molecule has 1 fully saturated rings. The van der Waals surface area contributed by atoms with Gasteiger partial charge in [-0.2, -0.15) is 0 Å². The van der Waals surface area contributed by atoms with Crippen molar-refractivity contribution in [2.45, 2.75) is 19.4 Å². The van der Waals surface area contributed by atoms with Crippen molar-refractivity contribution >= 4 is 17.3 Å². The fourth-order valence-electron chi connectivity index (χ4n) is 2.53. The van der Waals surface area contributed by atoms with Crippen LogP contribution in [0.3, 0.4) is 0 Å². The van der Waals surface area contributed by atoms with Crippen molar-refractivity contribution in [1.29, 1.82) is 0 Å². The standard InChI is InChI=1S/C13H16ClN5O/c1-8(9-2-3-20-7-9)19-13(16-17-18-19)10-4-11(14)6-12(15)5-10/h4-6,8-9H,2-3,7,15H2,1H3. The van der Waals surface area contributed by atoms with E-state index in [1.165, 1.54) is 0 Å². The van der Waals surface area contributed by atoms with E-state index in [4.69, 9.17) is 22.1 Å². The van der Waals surface area contributed by atoms with Gasteiger partial charge in [-0.15, -0.1) is 5.10 Å². The SMILES string of the molecule is CC(C1CCOC1)n1nnnc1-c1cc(N)cc(Cl)c1. The van der Waals surface area contributed by atoms with Crippen molar-refractivity contribution in [3.8, 4) is 11.4 Å². The molecule has 1 aromatic carbocycles. The van der Waals surface area contributed by atoms with Gasteiger partial charge in [0.2, 0.25) is 0 Å². The first-order chi connectivity index (χ1) is 9.65. The minimum absolute atomic E-state index is 0.169. The smallest absolute Gasteiger partial charge is 0.182 e. The maximum Gasteiger partial charge on any atom is 0.182 e. The quantitative estimate of drug-likeness (QED) is 0.878. The average Bonchev–Trinajstić information content (AvgIpc) is 3.08. The summed E-state index contributed by atoms with van der Waals surface area (Å²) in [7, 11) is 0. The predicted octanol–water partition coefficient (Wildman–Crippen LogP) is 2.17. The van der Waals surface area contributed by atoms with Crippen molar-refractivity contribution in [3.05, 3.63) is 23.2 Å². The van der Waals surface area contributed by atoms with Gasteiger partial charge >= 0.3 is 0 Å². The van der Waals surface area contributed by atoms with Crippen LogP contribution in [-0.2, 0) is 4.74 Å². The lowest BCUT2D eigenvalue weighted by atomic mass is 10.0. The summed E-state index contributed by atoms with van der Waals surface area (Å²) < 4.78 is 7.26. The van der Waals surface area contributed by atoms with Crippen molar-refractivity contribution in [3.63, 3.8) is 0 Å². The van der Waals surface area contributed by atoms with Crippen LogP contribution in [0.4, 0.5) is 5.69 Å². The van der Waals surface area contributed by atoms with Crippen molar-refractivity contribution in [2.75, 3.05) is 18.9 Å². The van der Waals surface area contributed by atoms with Gasteiger partial charge in [-0.05, 0) is 42.0 Å². The minimum atomic E-state index is 0.169. The molecule has 20 heavy (non-hydrogen) atoms. The van der Waals surface area contributed by atoms with Crippen molar-refractivity contribution < 1.29 is 4.74 Å². The number of ether oxygens (including phenoxy) is 1. The summed E-state index contributed by atoms with van der Waals surface area (Å²) in [6.07, 6.45) is 1.03. The summed E-state index contributed by atoms with van der Waals surface area (Å²) in [4.78, 5) is 0. The van der Waals surface area contributed by atoms with Gasteiger partial charge in [0.05, 0.1) is 12.6 Å². The summed E-state index contributed by atoms with van der Waals surface area (Å²) in [5.41, 5.74) is 7.25. The zero-order chi connectivity index (χ0) is 14.1. The summed E-state index contributed by atoms with van der Waals surface area (Å²) in [5.74, 6) is 1.10. The summed E-state index contributed by atoms with van der Waals surface area (Å²) in [5, 5.41) is 12.6. The van der Waals surface area contributed by atoms with E-state index in [0.29, 0.717) is 22.5 Å². The number of anilines is 1. The lowest BCUT2D eigenvalue weighted by Crippen LogP contribution is -2.19. The van der Waals surface area contributed by atoms with E-state index in [-0.39, 0.29) is 6.04 Å². The van der Waals surface area contributed by atoms with Gasteiger partial charge < -0.3 is 10.5 Å². The minimum Gasteiger partial charge on any atom is -0.399 e. The predicted molar refractivity (Wildman–Crippen MR) is 76.3 cm³/mol. The van der Waals surface area contributed by atoms with Crippen molar-refractivity contribution in [1.82, 2.24) is 20.2 Å². The molecule has 0 radical (unpaired) electrons. The molecule has 0 spiro atoms. The zero-order valence-electron chi connectivity index (χ0n) is 11.2. The third-order valence-electron chi connectivity index (χ3n) is 3.70. The van der Waals surface area contributed by atoms with E-state index in [0.717, 1.165) is 25.2 Å². The summed E-state index contributed by atoms with van der Waals surface area (Å²) in [6.45, 7) is 3.65. The number of tetrazole rings is 1. The van der Waals surface area contributed by atoms with Gasteiger partial charge in [0.25, 0.3) is 0 Å². The van der Waals surface area contributed by atoms with Crippen LogP contribution in [0.25, 0.3) is 11.4 Å². The molecular formula is C13H16ClN5O. The number of benzene rings is 1. The maximum atomic E-state index is 6.05. The third-order valence-corrected chi connectivity index (χ3v) is 3.92. The Bertz CT molecular complexity index is 588. The highest BCUT2D eigenvalue weighted by molar-refractivity contribution is 6.31. The molecule has 2 unspecified atom stereocenters. The molecule has 2 aromatic rings. The summed E-state index contributed by atoms with van der Waals surface area (Å²) in [6, 6.07) is 5.51. The maximum absolute atomic E-state index is 6.05.